The number of amides is 1. The molecular weight excluding hydrogens is 614 g/mol. The number of nitriles is 1. The van der Waals surface area contributed by atoms with Gasteiger partial charge >= 0.3 is 0 Å². The number of carbonyl (C=O) groups excluding carboxylic acids is 1. The number of nitrogens with zero attached hydrogens (tertiary/aromatic N) is 1. The first-order chi connectivity index (χ1) is 14.9. The van der Waals surface area contributed by atoms with Crippen LogP contribution in [0.15, 0.2) is 70.7 Å². The van der Waals surface area contributed by atoms with Gasteiger partial charge in [-0.25, -0.2) is 0 Å². The first-order valence-electron chi connectivity index (χ1n) is 8.91. The van der Waals surface area contributed by atoms with Crippen molar-refractivity contribution in [3.63, 3.8) is 0 Å². The standard InChI is InChI=1S/C23H14BrCl2IN2O2/c24-18-9-15(10-21(27)22(18)31-13-14-4-2-1-3-5-14)8-16(12-28)23(30)29-17-6-7-19(25)20(26)11-17/h1-11H,13H2,(H,29,30)/b16-8+. The Morgan fingerprint density at radius 2 is 1.87 bits per heavy atom. The summed E-state index contributed by atoms with van der Waals surface area (Å²) in [5.41, 5.74) is 2.14. The van der Waals surface area contributed by atoms with Gasteiger partial charge in [-0.2, -0.15) is 5.26 Å². The minimum atomic E-state index is -0.545. The fourth-order valence-electron chi connectivity index (χ4n) is 2.62. The normalized spacial score (nSPS) is 11.0. The molecule has 0 aliphatic carbocycles. The molecule has 4 nitrogen and oxygen atoms in total. The van der Waals surface area contributed by atoms with Gasteiger partial charge in [0.25, 0.3) is 5.91 Å². The summed E-state index contributed by atoms with van der Waals surface area (Å²) in [6.45, 7) is 0.431. The van der Waals surface area contributed by atoms with Crippen LogP contribution < -0.4 is 10.1 Å². The number of halogens is 4. The third-order valence-electron chi connectivity index (χ3n) is 4.10. The van der Waals surface area contributed by atoms with Crippen LogP contribution in [0.4, 0.5) is 5.69 Å². The maximum atomic E-state index is 12.5. The Bertz CT molecular complexity index is 1170. The van der Waals surface area contributed by atoms with Crippen molar-refractivity contribution in [1.29, 1.82) is 5.26 Å². The highest BCUT2D eigenvalue weighted by molar-refractivity contribution is 14.1. The third-order valence-corrected chi connectivity index (χ3v) is 6.23. The second kappa shape index (κ2) is 11.0. The summed E-state index contributed by atoms with van der Waals surface area (Å²) >= 11 is 17.5. The second-order valence-electron chi connectivity index (χ2n) is 6.34. The van der Waals surface area contributed by atoms with E-state index in [0.717, 1.165) is 13.6 Å². The Kier molecular flexibility index (Phi) is 8.38. The van der Waals surface area contributed by atoms with Gasteiger partial charge in [-0.05, 0) is 86.1 Å². The molecule has 3 aromatic carbocycles. The van der Waals surface area contributed by atoms with Crippen LogP contribution in [-0.2, 0) is 11.4 Å². The SMILES string of the molecule is N#C/C(=C\c1cc(Br)c(OCc2ccccc2)c(I)c1)C(=O)Nc1ccc(Cl)c(Cl)c1. The highest BCUT2D eigenvalue weighted by Gasteiger charge is 2.13. The van der Waals surface area contributed by atoms with E-state index in [1.165, 1.54) is 12.1 Å². The molecule has 3 rings (SSSR count). The first-order valence-corrected chi connectivity index (χ1v) is 11.5. The van der Waals surface area contributed by atoms with Gasteiger partial charge in [-0.15, -0.1) is 0 Å². The van der Waals surface area contributed by atoms with Crippen LogP contribution in [0.2, 0.25) is 10.0 Å². The van der Waals surface area contributed by atoms with E-state index in [1.54, 1.807) is 18.2 Å². The average molecular weight is 628 g/mol. The molecule has 0 saturated heterocycles. The summed E-state index contributed by atoms with van der Waals surface area (Å²) in [6.07, 6.45) is 1.51. The van der Waals surface area contributed by atoms with Crippen molar-refractivity contribution in [2.24, 2.45) is 0 Å². The predicted octanol–water partition coefficient (Wildman–Crippen LogP) is 7.49. The number of nitrogens with one attached hydrogen (secondary N) is 1. The molecule has 0 unspecified atom stereocenters. The molecule has 0 fully saturated rings. The number of ether oxygens (including phenoxy) is 1. The topological polar surface area (TPSA) is 62.1 Å². The van der Waals surface area contributed by atoms with Crippen LogP contribution in [0.3, 0.4) is 0 Å². The lowest BCUT2D eigenvalue weighted by atomic mass is 10.1. The summed E-state index contributed by atoms with van der Waals surface area (Å²) in [6, 6.07) is 20.1. The summed E-state index contributed by atoms with van der Waals surface area (Å²) < 4.78 is 7.51. The van der Waals surface area contributed by atoms with Gasteiger partial charge in [0.15, 0.2) is 0 Å². The van der Waals surface area contributed by atoms with Crippen LogP contribution in [0.25, 0.3) is 6.08 Å². The van der Waals surface area contributed by atoms with E-state index in [0.29, 0.717) is 33.7 Å². The predicted molar refractivity (Wildman–Crippen MR) is 136 cm³/mol. The van der Waals surface area contributed by atoms with E-state index >= 15 is 0 Å². The summed E-state index contributed by atoms with van der Waals surface area (Å²) in [4.78, 5) is 12.5. The summed E-state index contributed by atoms with van der Waals surface area (Å²) in [5, 5.41) is 12.8. The third kappa shape index (κ3) is 6.47. The molecule has 0 aliphatic heterocycles. The van der Waals surface area contributed by atoms with Crippen molar-refractivity contribution >= 4 is 79.4 Å². The maximum absolute atomic E-state index is 12.5. The Morgan fingerprint density at radius 3 is 2.52 bits per heavy atom. The summed E-state index contributed by atoms with van der Waals surface area (Å²) in [7, 11) is 0. The molecule has 1 amide bonds. The quantitative estimate of drug-likeness (QED) is 0.175. The number of anilines is 1. The zero-order chi connectivity index (χ0) is 22.4. The van der Waals surface area contributed by atoms with Crippen molar-refractivity contribution in [2.45, 2.75) is 6.61 Å². The molecular formula is C23H14BrCl2IN2O2. The molecule has 0 aromatic heterocycles. The van der Waals surface area contributed by atoms with Crippen molar-refractivity contribution in [3.8, 4) is 11.8 Å². The van der Waals surface area contributed by atoms with Crippen LogP contribution in [-0.4, -0.2) is 5.91 Å². The van der Waals surface area contributed by atoms with Crippen molar-refractivity contribution in [3.05, 3.63) is 95.5 Å². The Labute approximate surface area is 212 Å². The molecule has 31 heavy (non-hydrogen) atoms. The van der Waals surface area contributed by atoms with E-state index in [2.05, 4.69) is 43.8 Å². The molecule has 0 radical (unpaired) electrons. The smallest absolute Gasteiger partial charge is 0.266 e. The van der Waals surface area contributed by atoms with Crippen molar-refractivity contribution in [1.82, 2.24) is 0 Å². The molecule has 156 valence electrons. The van der Waals surface area contributed by atoms with E-state index in [1.807, 2.05) is 42.5 Å². The number of benzene rings is 3. The lowest BCUT2D eigenvalue weighted by Gasteiger charge is -2.12. The van der Waals surface area contributed by atoms with Crippen LogP contribution in [0.5, 0.6) is 5.75 Å². The van der Waals surface area contributed by atoms with Gasteiger partial charge in [0.1, 0.15) is 24.0 Å². The second-order valence-corrected chi connectivity index (χ2v) is 9.17. The number of rotatable bonds is 6. The maximum Gasteiger partial charge on any atom is 0.266 e. The van der Waals surface area contributed by atoms with E-state index in [4.69, 9.17) is 27.9 Å². The molecule has 1 N–H and O–H groups in total. The van der Waals surface area contributed by atoms with E-state index in [-0.39, 0.29) is 5.57 Å². The molecule has 0 saturated carbocycles. The minimum Gasteiger partial charge on any atom is -0.487 e. The molecule has 8 heteroatoms. The Balaban J connectivity index is 1.77. The molecule has 0 aliphatic rings. The van der Waals surface area contributed by atoms with Gasteiger partial charge in [0.05, 0.1) is 18.1 Å². The van der Waals surface area contributed by atoms with Crippen LogP contribution in [0, 0.1) is 14.9 Å². The largest absolute Gasteiger partial charge is 0.487 e. The molecule has 0 spiro atoms. The summed E-state index contributed by atoms with van der Waals surface area (Å²) in [5.74, 6) is 0.150. The zero-order valence-corrected chi connectivity index (χ0v) is 21.1. The average Bonchev–Trinajstić information content (AvgIpc) is 2.74. The van der Waals surface area contributed by atoms with Crippen LogP contribution in [0.1, 0.15) is 11.1 Å². The lowest BCUT2D eigenvalue weighted by molar-refractivity contribution is -0.112. The number of hydrogen-bond acceptors (Lipinski definition) is 3. The highest BCUT2D eigenvalue weighted by Crippen LogP contribution is 2.33. The Hall–Kier alpha value is -2.05. The van der Waals surface area contributed by atoms with Gasteiger partial charge in [0.2, 0.25) is 0 Å². The zero-order valence-electron chi connectivity index (χ0n) is 15.8. The molecule has 0 heterocycles. The van der Waals surface area contributed by atoms with Gasteiger partial charge in [-0.1, -0.05) is 53.5 Å². The van der Waals surface area contributed by atoms with Crippen LogP contribution >= 0.6 is 61.7 Å². The number of carbonyl (C=O) groups is 1. The first kappa shape index (κ1) is 23.6. The molecule has 0 bridgehead atoms. The Morgan fingerprint density at radius 1 is 1.13 bits per heavy atom. The van der Waals surface area contributed by atoms with Crippen molar-refractivity contribution < 1.29 is 9.53 Å². The fourth-order valence-corrected chi connectivity index (χ4v) is 4.68. The minimum absolute atomic E-state index is 0.0493. The number of hydrogen-bond donors (Lipinski definition) is 1. The molecule has 0 atom stereocenters. The molecule has 3 aromatic rings. The fraction of sp³-hybridized carbons (Fsp3) is 0.0435. The van der Waals surface area contributed by atoms with Crippen molar-refractivity contribution in [2.75, 3.05) is 5.32 Å². The highest BCUT2D eigenvalue weighted by atomic mass is 127. The van der Waals surface area contributed by atoms with E-state index < -0.39 is 5.91 Å². The van der Waals surface area contributed by atoms with Gasteiger partial charge in [-0.3, -0.25) is 4.79 Å². The van der Waals surface area contributed by atoms with Gasteiger partial charge in [0, 0.05) is 5.69 Å². The van der Waals surface area contributed by atoms with E-state index in [9.17, 15) is 10.1 Å². The van der Waals surface area contributed by atoms with Gasteiger partial charge < -0.3 is 10.1 Å². The lowest BCUT2D eigenvalue weighted by Crippen LogP contribution is -2.13. The monoisotopic (exact) mass is 626 g/mol.